The zero-order valence-electron chi connectivity index (χ0n) is 20.4. The monoisotopic (exact) mass is 500 g/mol. The van der Waals surface area contributed by atoms with Gasteiger partial charge in [-0.15, -0.1) is 0 Å². The molecule has 1 N–H and O–H groups in total. The lowest BCUT2D eigenvalue weighted by Crippen LogP contribution is -2.52. The molecule has 0 bridgehead atoms. The number of hydrogen-bond acceptors (Lipinski definition) is 6. The number of ketones is 1. The van der Waals surface area contributed by atoms with E-state index in [1.165, 1.54) is 0 Å². The molecule has 2 fully saturated rings. The fraction of sp³-hybridized carbons (Fsp3) is 0.357. The van der Waals surface area contributed by atoms with E-state index >= 15 is 0 Å². The van der Waals surface area contributed by atoms with E-state index in [2.05, 4.69) is 10.2 Å². The van der Waals surface area contributed by atoms with Gasteiger partial charge in [0.15, 0.2) is 5.78 Å². The summed E-state index contributed by atoms with van der Waals surface area (Å²) in [6.07, 6.45) is 3.13. The van der Waals surface area contributed by atoms with E-state index in [0.717, 1.165) is 11.3 Å². The van der Waals surface area contributed by atoms with Gasteiger partial charge in [0.2, 0.25) is 0 Å². The Kier molecular flexibility index (Phi) is 6.00. The van der Waals surface area contributed by atoms with Gasteiger partial charge >= 0.3 is 0 Å². The van der Waals surface area contributed by atoms with Crippen LogP contribution in [0, 0.1) is 0 Å². The average Bonchev–Trinajstić information content (AvgIpc) is 3.49. The fourth-order valence-corrected chi connectivity index (χ4v) is 5.39. The number of ether oxygens (including phenoxy) is 2. The van der Waals surface area contributed by atoms with Crippen LogP contribution in [0.3, 0.4) is 0 Å². The molecule has 4 heterocycles. The lowest BCUT2D eigenvalue weighted by Gasteiger charge is -2.44. The van der Waals surface area contributed by atoms with Crippen LogP contribution < -0.4 is 4.74 Å². The van der Waals surface area contributed by atoms with Crippen LogP contribution in [0.1, 0.15) is 50.3 Å². The third-order valence-corrected chi connectivity index (χ3v) is 7.50. The number of carbonyl (C=O) groups excluding carboxylic acids is 3. The molecule has 0 radical (unpaired) electrons. The maximum Gasteiger partial charge on any atom is 0.254 e. The summed E-state index contributed by atoms with van der Waals surface area (Å²) in [4.78, 5) is 42.9. The molecule has 37 heavy (non-hydrogen) atoms. The highest BCUT2D eigenvalue weighted by molar-refractivity contribution is 6.04. The number of rotatable bonds is 3. The SMILES string of the molecule is O=C1CC2(CCN(C(=O)c3cccc(-c4cc[nH]n4)c3)CC2)Oc2ccc(C(=O)N3CCOCC3)cc21. The average molecular weight is 501 g/mol. The lowest BCUT2D eigenvalue weighted by molar-refractivity contribution is -0.00572. The molecule has 2 amide bonds. The van der Waals surface area contributed by atoms with Crippen molar-refractivity contribution in [3.05, 3.63) is 71.4 Å². The van der Waals surface area contributed by atoms with Crippen molar-refractivity contribution >= 4 is 17.6 Å². The van der Waals surface area contributed by atoms with Gasteiger partial charge in [-0.2, -0.15) is 5.10 Å². The predicted molar refractivity (Wildman–Crippen MR) is 135 cm³/mol. The van der Waals surface area contributed by atoms with Crippen molar-refractivity contribution in [3.63, 3.8) is 0 Å². The molecule has 3 aromatic rings. The minimum atomic E-state index is -0.631. The van der Waals surface area contributed by atoms with E-state index in [1.54, 1.807) is 29.3 Å². The first-order valence-corrected chi connectivity index (χ1v) is 12.6. The smallest absolute Gasteiger partial charge is 0.254 e. The summed E-state index contributed by atoms with van der Waals surface area (Å²) in [5.41, 5.74) is 2.59. The van der Waals surface area contributed by atoms with Gasteiger partial charge in [-0.1, -0.05) is 12.1 Å². The Labute approximate surface area is 214 Å². The van der Waals surface area contributed by atoms with Crippen molar-refractivity contribution in [3.8, 4) is 17.0 Å². The van der Waals surface area contributed by atoms with E-state index < -0.39 is 5.60 Å². The predicted octanol–water partition coefficient (Wildman–Crippen LogP) is 3.19. The van der Waals surface area contributed by atoms with Crippen LogP contribution in [0.2, 0.25) is 0 Å². The summed E-state index contributed by atoms with van der Waals surface area (Å²) in [5, 5.41) is 6.99. The molecule has 0 atom stereocenters. The van der Waals surface area contributed by atoms with Crippen LogP contribution in [0.5, 0.6) is 5.75 Å². The second-order valence-corrected chi connectivity index (χ2v) is 9.83. The van der Waals surface area contributed by atoms with Gasteiger partial charge in [0, 0.05) is 61.9 Å². The maximum absolute atomic E-state index is 13.2. The Morgan fingerprint density at radius 2 is 1.62 bits per heavy atom. The largest absolute Gasteiger partial charge is 0.486 e. The fourth-order valence-electron chi connectivity index (χ4n) is 5.39. The molecule has 190 valence electrons. The van der Waals surface area contributed by atoms with Crippen molar-refractivity contribution in [1.82, 2.24) is 20.0 Å². The third kappa shape index (κ3) is 4.51. The van der Waals surface area contributed by atoms with Crippen molar-refractivity contribution in [2.75, 3.05) is 39.4 Å². The molecule has 9 heteroatoms. The highest BCUT2D eigenvalue weighted by Gasteiger charge is 2.44. The van der Waals surface area contributed by atoms with Crippen molar-refractivity contribution in [2.24, 2.45) is 0 Å². The second-order valence-electron chi connectivity index (χ2n) is 9.83. The number of amides is 2. The molecule has 2 saturated heterocycles. The Bertz CT molecular complexity index is 1340. The maximum atomic E-state index is 13.2. The minimum Gasteiger partial charge on any atom is -0.486 e. The lowest BCUT2D eigenvalue weighted by atomic mass is 9.82. The molecule has 0 aliphatic carbocycles. The topological polar surface area (TPSA) is 105 Å². The number of aromatic nitrogens is 2. The molecule has 0 unspecified atom stereocenters. The van der Waals surface area contributed by atoms with Gasteiger partial charge in [0.1, 0.15) is 11.4 Å². The standard InChI is InChI=1S/C28H28N4O5/c33-24-18-28(37-25-5-4-21(17-22(24)25)27(35)32-12-14-36-15-13-32)7-10-31(11-8-28)26(34)20-3-1-2-19(16-20)23-6-9-29-30-23/h1-6,9,16-17H,7-8,10-15,18H2,(H,29,30). The zero-order valence-corrected chi connectivity index (χ0v) is 20.4. The van der Waals surface area contributed by atoms with Crippen LogP contribution in [0.4, 0.5) is 0 Å². The summed E-state index contributed by atoms with van der Waals surface area (Å²) in [6, 6.07) is 14.5. The molecule has 3 aliphatic heterocycles. The van der Waals surface area contributed by atoms with E-state index in [1.807, 2.05) is 35.2 Å². The third-order valence-electron chi connectivity index (χ3n) is 7.50. The molecule has 6 rings (SSSR count). The van der Waals surface area contributed by atoms with E-state index in [4.69, 9.17) is 9.47 Å². The molecular weight excluding hydrogens is 472 g/mol. The number of morpholine rings is 1. The molecular formula is C28H28N4O5. The van der Waals surface area contributed by atoms with Gasteiger partial charge in [0.05, 0.1) is 30.9 Å². The summed E-state index contributed by atoms with van der Waals surface area (Å²) in [6.45, 7) is 3.15. The van der Waals surface area contributed by atoms with Gasteiger partial charge in [-0.25, -0.2) is 0 Å². The second kappa shape index (κ2) is 9.48. The number of Topliss-reactive ketones (excluding diaryl/α,β-unsaturated/α-hetero) is 1. The van der Waals surface area contributed by atoms with Crippen LogP contribution in [0.15, 0.2) is 54.7 Å². The van der Waals surface area contributed by atoms with Crippen molar-refractivity contribution in [2.45, 2.75) is 24.9 Å². The van der Waals surface area contributed by atoms with Gasteiger partial charge in [0.25, 0.3) is 11.8 Å². The molecule has 1 aromatic heterocycles. The first-order valence-electron chi connectivity index (χ1n) is 12.6. The van der Waals surface area contributed by atoms with Gasteiger partial charge in [-0.3, -0.25) is 19.5 Å². The number of likely N-dealkylation sites (tertiary alicyclic amines) is 1. The molecule has 9 nitrogen and oxygen atoms in total. The number of aromatic amines is 1. The van der Waals surface area contributed by atoms with Crippen LogP contribution >= 0.6 is 0 Å². The minimum absolute atomic E-state index is 0.0237. The quantitative estimate of drug-likeness (QED) is 0.592. The van der Waals surface area contributed by atoms with E-state index in [9.17, 15) is 14.4 Å². The zero-order chi connectivity index (χ0) is 25.4. The highest BCUT2D eigenvalue weighted by Crippen LogP contribution is 2.40. The highest BCUT2D eigenvalue weighted by atomic mass is 16.5. The van der Waals surface area contributed by atoms with Crippen molar-refractivity contribution < 1.29 is 23.9 Å². The number of hydrogen-bond donors (Lipinski definition) is 1. The van der Waals surface area contributed by atoms with Crippen LogP contribution in [-0.4, -0.2) is 82.6 Å². The van der Waals surface area contributed by atoms with Gasteiger partial charge < -0.3 is 19.3 Å². The summed E-state index contributed by atoms with van der Waals surface area (Å²) >= 11 is 0. The number of piperidine rings is 1. The Hall–Kier alpha value is -3.98. The summed E-state index contributed by atoms with van der Waals surface area (Å²) < 4.78 is 11.7. The number of H-pyrrole nitrogens is 1. The number of benzene rings is 2. The Morgan fingerprint density at radius 3 is 2.35 bits per heavy atom. The summed E-state index contributed by atoms with van der Waals surface area (Å²) in [5.74, 6) is 0.356. The van der Waals surface area contributed by atoms with E-state index in [0.29, 0.717) is 74.7 Å². The molecule has 0 saturated carbocycles. The molecule has 2 aromatic carbocycles. The van der Waals surface area contributed by atoms with Gasteiger partial charge in [-0.05, 0) is 36.4 Å². The van der Waals surface area contributed by atoms with Crippen LogP contribution in [-0.2, 0) is 4.74 Å². The molecule has 3 aliphatic rings. The number of nitrogens with zero attached hydrogens (tertiary/aromatic N) is 3. The van der Waals surface area contributed by atoms with Crippen molar-refractivity contribution in [1.29, 1.82) is 0 Å². The first kappa shape index (κ1) is 23.4. The number of nitrogens with one attached hydrogen (secondary N) is 1. The Balaban J connectivity index is 1.13. The molecule has 1 spiro atoms. The first-order chi connectivity index (χ1) is 18.0. The van der Waals surface area contributed by atoms with Crippen LogP contribution in [0.25, 0.3) is 11.3 Å². The normalized spacial score (nSPS) is 18.9. The summed E-state index contributed by atoms with van der Waals surface area (Å²) in [7, 11) is 0. The number of carbonyl (C=O) groups is 3. The Morgan fingerprint density at radius 1 is 0.892 bits per heavy atom. The van der Waals surface area contributed by atoms with E-state index in [-0.39, 0.29) is 24.0 Å². The number of fused-ring (bicyclic) bond motifs is 1.